The summed E-state index contributed by atoms with van der Waals surface area (Å²) < 4.78 is 13.2. The lowest BCUT2D eigenvalue weighted by atomic mass is 9.93. The van der Waals surface area contributed by atoms with Crippen molar-refractivity contribution in [2.45, 2.75) is 63.6 Å². The average molecular weight is 399 g/mol. The molecule has 1 aromatic rings. The molecule has 1 atom stereocenters. The van der Waals surface area contributed by atoms with E-state index in [1.807, 2.05) is 4.90 Å². The number of aliphatic carboxylic acids is 1. The third-order valence-electron chi connectivity index (χ3n) is 5.59. The summed E-state index contributed by atoms with van der Waals surface area (Å²) >= 11 is 0. The standard InChI is InChI=1S/C20H27FN2O3.ClH/c21-16-10-8-15(9-11-16)13-23(17-5-2-1-3-6-17)19(24)14-22-12-4-7-18(22)20(25)26;/h8-11,17-18H,1-7,12-14H2,(H,25,26);1H. The average Bonchev–Trinajstić information content (AvgIpc) is 3.10. The molecule has 0 radical (unpaired) electrons. The van der Waals surface area contributed by atoms with Crippen molar-refractivity contribution >= 4 is 24.3 Å². The summed E-state index contributed by atoms with van der Waals surface area (Å²) in [6.45, 7) is 1.25. The van der Waals surface area contributed by atoms with Gasteiger partial charge >= 0.3 is 5.97 Å². The number of nitrogens with zero attached hydrogens (tertiary/aromatic N) is 2. The SMILES string of the molecule is Cl.O=C(O)C1CCCN1CC(=O)N(Cc1ccc(F)cc1)C1CCCCC1. The first-order valence-electron chi connectivity index (χ1n) is 9.55. The number of amides is 1. The summed E-state index contributed by atoms with van der Waals surface area (Å²) in [7, 11) is 0. The molecule has 150 valence electrons. The molecule has 3 rings (SSSR count). The topological polar surface area (TPSA) is 60.9 Å². The monoisotopic (exact) mass is 398 g/mol. The quantitative estimate of drug-likeness (QED) is 0.797. The van der Waals surface area contributed by atoms with Crippen molar-refractivity contribution < 1.29 is 19.1 Å². The second-order valence-corrected chi connectivity index (χ2v) is 7.41. The van der Waals surface area contributed by atoms with Crippen molar-refractivity contribution in [2.24, 2.45) is 0 Å². The summed E-state index contributed by atoms with van der Waals surface area (Å²) in [5.74, 6) is -1.15. The molecule has 7 heteroatoms. The van der Waals surface area contributed by atoms with Gasteiger partial charge in [-0.25, -0.2) is 4.39 Å². The molecule has 1 aliphatic heterocycles. The van der Waals surface area contributed by atoms with Gasteiger partial charge in [0.15, 0.2) is 0 Å². The molecule has 1 heterocycles. The van der Waals surface area contributed by atoms with E-state index in [0.29, 0.717) is 19.5 Å². The fourth-order valence-electron chi connectivity index (χ4n) is 4.16. The van der Waals surface area contributed by atoms with Gasteiger partial charge in [0.2, 0.25) is 5.91 Å². The van der Waals surface area contributed by atoms with E-state index in [9.17, 15) is 19.1 Å². The number of carbonyl (C=O) groups is 2. The van der Waals surface area contributed by atoms with Gasteiger partial charge in [-0.3, -0.25) is 14.5 Å². The third-order valence-corrected chi connectivity index (χ3v) is 5.59. The maximum atomic E-state index is 13.2. The number of benzene rings is 1. The van der Waals surface area contributed by atoms with Crippen molar-refractivity contribution in [3.05, 3.63) is 35.6 Å². The summed E-state index contributed by atoms with van der Waals surface area (Å²) in [5, 5.41) is 9.34. The van der Waals surface area contributed by atoms with Crippen molar-refractivity contribution in [3.63, 3.8) is 0 Å². The van der Waals surface area contributed by atoms with Crippen LogP contribution in [0.3, 0.4) is 0 Å². The predicted octanol–water partition coefficient (Wildman–Crippen LogP) is 3.46. The highest BCUT2D eigenvalue weighted by atomic mass is 35.5. The highest BCUT2D eigenvalue weighted by molar-refractivity contribution is 5.85. The van der Waals surface area contributed by atoms with Crippen LogP contribution < -0.4 is 0 Å². The van der Waals surface area contributed by atoms with Gasteiger partial charge in [-0.15, -0.1) is 12.4 Å². The maximum absolute atomic E-state index is 13.2. The molecule has 1 saturated carbocycles. The number of hydrogen-bond donors (Lipinski definition) is 1. The Morgan fingerprint density at radius 2 is 1.74 bits per heavy atom. The smallest absolute Gasteiger partial charge is 0.320 e. The zero-order chi connectivity index (χ0) is 18.5. The molecule has 1 saturated heterocycles. The van der Waals surface area contributed by atoms with Crippen LogP contribution in [0.25, 0.3) is 0 Å². The van der Waals surface area contributed by atoms with E-state index in [1.54, 1.807) is 17.0 Å². The molecular formula is C20H28ClFN2O3. The highest BCUT2D eigenvalue weighted by Crippen LogP contribution is 2.25. The van der Waals surface area contributed by atoms with E-state index in [2.05, 4.69) is 0 Å². The zero-order valence-corrected chi connectivity index (χ0v) is 16.3. The lowest BCUT2D eigenvalue weighted by Gasteiger charge is -2.36. The number of halogens is 2. The van der Waals surface area contributed by atoms with Gasteiger partial charge in [0.25, 0.3) is 0 Å². The van der Waals surface area contributed by atoms with Gasteiger partial charge in [0.05, 0.1) is 6.54 Å². The van der Waals surface area contributed by atoms with Gasteiger partial charge in [-0.2, -0.15) is 0 Å². The minimum atomic E-state index is -0.849. The Bertz CT molecular complexity index is 635. The van der Waals surface area contributed by atoms with Crippen molar-refractivity contribution in [1.82, 2.24) is 9.80 Å². The number of carboxylic acid groups (broad SMARTS) is 1. The van der Waals surface area contributed by atoms with Gasteiger partial charge in [0, 0.05) is 12.6 Å². The van der Waals surface area contributed by atoms with E-state index in [0.717, 1.165) is 37.7 Å². The van der Waals surface area contributed by atoms with Crippen LogP contribution in [-0.4, -0.2) is 52.0 Å². The van der Waals surface area contributed by atoms with E-state index in [-0.39, 0.29) is 36.7 Å². The van der Waals surface area contributed by atoms with Crippen LogP contribution in [0.2, 0.25) is 0 Å². The Hall–Kier alpha value is -1.66. The first-order valence-corrected chi connectivity index (χ1v) is 9.55. The number of rotatable bonds is 6. The lowest BCUT2D eigenvalue weighted by molar-refractivity contribution is -0.144. The van der Waals surface area contributed by atoms with E-state index in [1.165, 1.54) is 18.6 Å². The Morgan fingerprint density at radius 1 is 1.07 bits per heavy atom. The van der Waals surface area contributed by atoms with Crippen LogP contribution in [0.1, 0.15) is 50.5 Å². The molecule has 0 aromatic heterocycles. The Balaban J connectivity index is 0.00000261. The minimum absolute atomic E-state index is 0. The summed E-state index contributed by atoms with van der Waals surface area (Å²) in [6.07, 6.45) is 6.79. The molecule has 2 aliphatic rings. The molecule has 5 nitrogen and oxygen atoms in total. The number of hydrogen-bond acceptors (Lipinski definition) is 3. The molecule has 1 amide bonds. The van der Waals surface area contributed by atoms with E-state index < -0.39 is 12.0 Å². The largest absolute Gasteiger partial charge is 0.480 e. The maximum Gasteiger partial charge on any atom is 0.320 e. The highest BCUT2D eigenvalue weighted by Gasteiger charge is 2.34. The minimum Gasteiger partial charge on any atom is -0.480 e. The molecule has 1 aromatic carbocycles. The second-order valence-electron chi connectivity index (χ2n) is 7.41. The van der Waals surface area contributed by atoms with Crippen LogP contribution >= 0.6 is 12.4 Å². The van der Waals surface area contributed by atoms with E-state index in [4.69, 9.17) is 0 Å². The fraction of sp³-hybridized carbons (Fsp3) is 0.600. The number of likely N-dealkylation sites (tertiary alicyclic amines) is 1. The van der Waals surface area contributed by atoms with Gasteiger partial charge in [-0.05, 0) is 49.9 Å². The van der Waals surface area contributed by atoms with Gasteiger partial charge in [0.1, 0.15) is 11.9 Å². The molecule has 1 unspecified atom stereocenters. The Morgan fingerprint density at radius 3 is 2.37 bits per heavy atom. The first kappa shape index (κ1) is 21.6. The molecule has 1 N–H and O–H groups in total. The second kappa shape index (κ2) is 10.0. The Kier molecular flexibility index (Phi) is 8.05. The third kappa shape index (κ3) is 5.66. The van der Waals surface area contributed by atoms with Crippen molar-refractivity contribution in [1.29, 1.82) is 0 Å². The molecule has 0 spiro atoms. The van der Waals surface area contributed by atoms with E-state index >= 15 is 0 Å². The zero-order valence-electron chi connectivity index (χ0n) is 15.5. The van der Waals surface area contributed by atoms with Crippen molar-refractivity contribution in [3.8, 4) is 0 Å². The number of carbonyl (C=O) groups excluding carboxylic acids is 1. The van der Waals surface area contributed by atoms with Gasteiger partial charge in [-0.1, -0.05) is 31.4 Å². The molecular weight excluding hydrogens is 371 g/mol. The Labute approximate surface area is 165 Å². The van der Waals surface area contributed by atoms with Gasteiger partial charge < -0.3 is 10.0 Å². The van der Waals surface area contributed by atoms with Crippen LogP contribution in [0, 0.1) is 5.82 Å². The lowest BCUT2D eigenvalue weighted by Crippen LogP contribution is -2.48. The molecule has 27 heavy (non-hydrogen) atoms. The predicted molar refractivity (Wildman–Crippen MR) is 103 cm³/mol. The summed E-state index contributed by atoms with van der Waals surface area (Å²) in [6, 6.07) is 5.90. The molecule has 0 bridgehead atoms. The van der Waals surface area contributed by atoms with Crippen LogP contribution in [0.5, 0.6) is 0 Å². The van der Waals surface area contributed by atoms with Crippen LogP contribution in [-0.2, 0) is 16.1 Å². The van der Waals surface area contributed by atoms with Crippen molar-refractivity contribution in [2.75, 3.05) is 13.1 Å². The molecule has 1 aliphatic carbocycles. The molecule has 2 fully saturated rings. The normalized spacial score (nSPS) is 20.9. The van der Waals surface area contributed by atoms with Crippen LogP contribution in [0.4, 0.5) is 4.39 Å². The summed E-state index contributed by atoms with van der Waals surface area (Å²) in [4.78, 5) is 28.1. The summed E-state index contributed by atoms with van der Waals surface area (Å²) in [5.41, 5.74) is 0.904. The number of carboxylic acids is 1. The first-order chi connectivity index (χ1) is 12.5. The van der Waals surface area contributed by atoms with Crippen LogP contribution in [0.15, 0.2) is 24.3 Å². The fourth-order valence-corrected chi connectivity index (χ4v) is 4.16.